The molecule has 0 bridgehead atoms. The summed E-state index contributed by atoms with van der Waals surface area (Å²) in [7, 11) is 0. The van der Waals surface area contributed by atoms with Crippen LogP contribution in [-0.4, -0.2) is 292 Å². The molecule has 0 saturated carbocycles. The van der Waals surface area contributed by atoms with Gasteiger partial charge in [-0.15, -0.1) is 0 Å². The standard InChI is InChI=1S/C85H150N2O28/c1-59-75(100)78(103)70(52-88)113-81(59)109-44-27-24-36-63(91)30-16-13-19-33-66(94)41-47-106-56-85(86-73(98)39-22-11-9-7-8-10-12-23-40-74(99)87-51-69(97)50-62(87)55-112-84(4,5)6,57-107-48-42-67(95)34-20-14-17-31-64(92)37-25-28-45-110-82-60(2)76(101)79(104)71(53-89)114-82)58-108-49-43-68(96)35-21-15-18-32-65(93)38-26-29-46-111-83-61(3)77(102)80(105)72(54-90)115-83/h59-62,69-72,75-83,88-90,97,100-105H,7-58H2,1-6H3,(H,86,98)/t59?,60?,61?,62-,69+,70?,71?,72?,75?,76?,77?,78?,79?,80?,81?,82?,83?,85?/m0/s1. The van der Waals surface area contributed by atoms with Crippen molar-refractivity contribution < 1.29 is 137 Å². The zero-order chi connectivity index (χ0) is 84.6. The van der Waals surface area contributed by atoms with Crippen molar-refractivity contribution in [2.24, 2.45) is 17.8 Å². The second kappa shape index (κ2) is 59.0. The van der Waals surface area contributed by atoms with E-state index in [1.807, 2.05) is 20.8 Å². The molecule has 11 N–H and O–H groups in total. The number of nitrogens with zero attached hydrogens (tertiary/aromatic N) is 1. The Kier molecular flexibility index (Phi) is 53.1. The van der Waals surface area contributed by atoms with Crippen LogP contribution in [0.3, 0.4) is 0 Å². The molecule has 4 aliphatic rings. The number of aliphatic hydroxyl groups excluding tert-OH is 10. The first kappa shape index (κ1) is 104. The lowest BCUT2D eigenvalue weighted by Crippen LogP contribution is -2.58. The van der Waals surface area contributed by atoms with Crippen LogP contribution in [0.1, 0.15) is 286 Å². The molecule has 0 aromatic rings. The lowest BCUT2D eigenvalue weighted by Gasteiger charge is -2.40. The minimum Gasteiger partial charge on any atom is -0.394 e. The van der Waals surface area contributed by atoms with E-state index in [1.54, 1.807) is 25.7 Å². The molecular weight excluding hydrogens is 1500 g/mol. The number of carbonyl (C=O) groups is 8. The van der Waals surface area contributed by atoms with Crippen molar-refractivity contribution in [3.05, 3.63) is 0 Å². The highest BCUT2D eigenvalue weighted by molar-refractivity contribution is 5.81. The average Bonchev–Trinajstić information content (AvgIpc) is 1.85. The van der Waals surface area contributed by atoms with Gasteiger partial charge in [-0.25, -0.2) is 0 Å². The largest absolute Gasteiger partial charge is 0.394 e. The predicted molar refractivity (Wildman–Crippen MR) is 425 cm³/mol. The van der Waals surface area contributed by atoms with Gasteiger partial charge in [0.05, 0.1) is 102 Å². The molecule has 2 amide bonds. The summed E-state index contributed by atoms with van der Waals surface area (Å²) in [6, 6.07) is -0.137. The molecule has 0 aliphatic carbocycles. The van der Waals surface area contributed by atoms with E-state index in [0.29, 0.717) is 167 Å². The number of amides is 2. The van der Waals surface area contributed by atoms with Crippen LogP contribution in [0.4, 0.5) is 0 Å². The Hall–Kier alpha value is -3.84. The van der Waals surface area contributed by atoms with Gasteiger partial charge in [-0.3, -0.25) is 38.4 Å². The summed E-state index contributed by atoms with van der Waals surface area (Å²) >= 11 is 0. The van der Waals surface area contributed by atoms with Crippen molar-refractivity contribution in [1.82, 2.24) is 10.2 Å². The van der Waals surface area contributed by atoms with Gasteiger partial charge in [-0.2, -0.15) is 0 Å². The minimum absolute atomic E-state index is 0.0177. The van der Waals surface area contributed by atoms with E-state index in [-0.39, 0.29) is 163 Å². The third-order valence-corrected chi connectivity index (χ3v) is 22.3. The lowest BCUT2D eigenvalue weighted by molar-refractivity contribution is -0.282. The second-order valence-electron chi connectivity index (χ2n) is 33.7. The molecule has 0 aromatic carbocycles. The summed E-state index contributed by atoms with van der Waals surface area (Å²) in [5.41, 5.74) is -1.65. The highest BCUT2D eigenvalue weighted by Gasteiger charge is 2.45. The molecule has 0 spiro atoms. The third-order valence-electron chi connectivity index (χ3n) is 22.3. The highest BCUT2D eigenvalue weighted by atomic mass is 16.7. The average molecular weight is 1650 g/mol. The molecule has 15 unspecified atom stereocenters. The van der Waals surface area contributed by atoms with Crippen LogP contribution < -0.4 is 5.32 Å². The Balaban J connectivity index is 1.28. The van der Waals surface area contributed by atoms with Gasteiger partial charge in [0.15, 0.2) is 18.9 Å². The number of likely N-dealkylation sites (tertiary alicyclic amines) is 1. The van der Waals surface area contributed by atoms with E-state index in [4.69, 9.17) is 47.4 Å². The Morgan fingerprint density at radius 3 is 0.957 bits per heavy atom. The zero-order valence-electron chi connectivity index (χ0n) is 70.4. The van der Waals surface area contributed by atoms with Crippen LogP contribution in [0.25, 0.3) is 0 Å². The molecule has 30 heteroatoms. The number of ketones is 6. The molecular formula is C85H150N2O28. The Morgan fingerprint density at radius 1 is 0.365 bits per heavy atom. The fraction of sp³-hybridized carbons (Fsp3) is 0.906. The lowest BCUT2D eigenvalue weighted by atomic mass is 9.92. The van der Waals surface area contributed by atoms with Crippen molar-refractivity contribution in [3.63, 3.8) is 0 Å². The normalized spacial score (nSPS) is 26.4. The number of β-amino-alcohol motifs (C(OH)–C–C–N with tert-alkyl or cyclic N) is 1. The Labute approximate surface area is 683 Å². The quantitative estimate of drug-likeness (QED) is 0.0279. The summed E-state index contributed by atoms with van der Waals surface area (Å²) < 4.78 is 58.8. The van der Waals surface area contributed by atoms with E-state index in [1.165, 1.54) is 0 Å². The number of carbonyl (C=O) groups excluding carboxylic acids is 8. The number of hydrogen-bond donors (Lipinski definition) is 11. The fourth-order valence-electron chi connectivity index (χ4n) is 14.7. The molecule has 4 fully saturated rings. The summed E-state index contributed by atoms with van der Waals surface area (Å²) in [5.74, 6) is -1.59. The molecule has 4 rings (SSSR count). The van der Waals surface area contributed by atoms with Crippen molar-refractivity contribution in [3.8, 4) is 0 Å². The van der Waals surface area contributed by atoms with Gasteiger partial charge in [0, 0.05) is 134 Å². The molecule has 115 heavy (non-hydrogen) atoms. The molecule has 4 aliphatic heterocycles. The van der Waals surface area contributed by atoms with E-state index in [0.717, 1.165) is 44.9 Å². The van der Waals surface area contributed by atoms with Gasteiger partial charge < -0.3 is 109 Å². The van der Waals surface area contributed by atoms with Gasteiger partial charge in [-0.1, -0.05) is 78.6 Å². The van der Waals surface area contributed by atoms with Crippen LogP contribution in [0.2, 0.25) is 0 Å². The second-order valence-corrected chi connectivity index (χ2v) is 33.7. The molecule has 4 saturated heterocycles. The van der Waals surface area contributed by atoms with Crippen LogP contribution in [0, 0.1) is 17.8 Å². The first-order valence-electron chi connectivity index (χ1n) is 43.5. The summed E-state index contributed by atoms with van der Waals surface area (Å²) in [4.78, 5) is 107. The fourth-order valence-corrected chi connectivity index (χ4v) is 14.7. The smallest absolute Gasteiger partial charge is 0.222 e. The van der Waals surface area contributed by atoms with Crippen LogP contribution >= 0.6 is 0 Å². The van der Waals surface area contributed by atoms with E-state index in [9.17, 15) is 89.4 Å². The molecule has 0 aromatic heterocycles. The summed E-state index contributed by atoms with van der Waals surface area (Å²) in [5, 5.41) is 103. The maximum absolute atomic E-state index is 14.1. The van der Waals surface area contributed by atoms with Crippen molar-refractivity contribution in [1.29, 1.82) is 0 Å². The van der Waals surface area contributed by atoms with Crippen molar-refractivity contribution in [2.45, 2.75) is 383 Å². The maximum atomic E-state index is 14.1. The monoisotopic (exact) mass is 1650 g/mol. The molecule has 0 radical (unpaired) electrons. The van der Waals surface area contributed by atoms with Gasteiger partial charge in [0.25, 0.3) is 0 Å². The van der Waals surface area contributed by atoms with E-state index >= 15 is 0 Å². The number of hydrogen-bond acceptors (Lipinski definition) is 28. The van der Waals surface area contributed by atoms with E-state index in [2.05, 4.69) is 5.32 Å². The maximum Gasteiger partial charge on any atom is 0.222 e. The topological polar surface area (TPSA) is 446 Å². The van der Waals surface area contributed by atoms with Crippen LogP contribution in [-0.2, 0) is 85.7 Å². The molecule has 30 nitrogen and oxygen atoms in total. The molecule has 17 atom stereocenters. The van der Waals surface area contributed by atoms with Crippen LogP contribution in [0.15, 0.2) is 0 Å². The van der Waals surface area contributed by atoms with Crippen LogP contribution in [0.5, 0.6) is 0 Å². The number of nitrogens with one attached hydrogen (secondary N) is 1. The Bertz CT molecular complexity index is 2490. The summed E-state index contributed by atoms with van der Waals surface area (Å²) in [6.07, 6.45) is 7.49. The first-order valence-corrected chi connectivity index (χ1v) is 43.5. The van der Waals surface area contributed by atoms with Gasteiger partial charge in [0.1, 0.15) is 76.9 Å². The number of aliphatic hydroxyl groups is 10. The number of unbranched alkanes of at least 4 members (excludes halogenated alkanes) is 16. The first-order chi connectivity index (χ1) is 55.0. The van der Waals surface area contributed by atoms with Crippen molar-refractivity contribution >= 4 is 46.5 Å². The SMILES string of the molecule is CC1C(OCCCCC(=O)CCCCCC(=O)CCOCC(COCCC(=O)CCCCCC(=O)CCCCOC2OC(CO)C(O)C(O)C2C)(COCCC(=O)CCCCCC(=O)CCCCOC2OC(CO)C(O)C(O)C2C)NC(=O)CCCCCCCCCCC(=O)N2C[C@H](O)C[C@H]2COC(C)(C)C)OC(CO)C(O)C1O. The Morgan fingerprint density at radius 2 is 0.643 bits per heavy atom. The van der Waals surface area contributed by atoms with Gasteiger partial charge in [-0.05, 0) is 117 Å². The van der Waals surface area contributed by atoms with Gasteiger partial charge >= 0.3 is 0 Å². The number of Topliss-reactive ketones (excluding diaryl/α,β-unsaturated/α-hetero) is 6. The number of ether oxygens (including phenoxy) is 10. The summed E-state index contributed by atoms with van der Waals surface area (Å²) in [6.45, 7) is 10.8. The van der Waals surface area contributed by atoms with Crippen molar-refractivity contribution in [2.75, 3.05) is 92.4 Å². The minimum atomic E-state index is -1.30. The highest BCUT2D eigenvalue weighted by Crippen LogP contribution is 2.31. The zero-order valence-corrected chi connectivity index (χ0v) is 70.4. The number of rotatable bonds is 68. The van der Waals surface area contributed by atoms with E-state index < -0.39 is 123 Å². The molecule has 4 heterocycles. The van der Waals surface area contributed by atoms with Gasteiger partial charge in [0.2, 0.25) is 11.8 Å². The third kappa shape index (κ3) is 42.5. The molecule has 668 valence electrons. The predicted octanol–water partition coefficient (Wildman–Crippen LogP) is 6.79.